The summed E-state index contributed by atoms with van der Waals surface area (Å²) in [6, 6.07) is 10.3. The molecule has 2 heteroatoms. The van der Waals surface area contributed by atoms with Gasteiger partial charge in [0.15, 0.2) is 0 Å². The van der Waals surface area contributed by atoms with Gasteiger partial charge in [0, 0.05) is 6.54 Å². The minimum Gasteiger partial charge on any atom is -0.377 e. The lowest BCUT2D eigenvalue weighted by Gasteiger charge is -2.09. The van der Waals surface area contributed by atoms with Gasteiger partial charge in [-0.1, -0.05) is 30.3 Å². The molecule has 0 spiro atoms. The summed E-state index contributed by atoms with van der Waals surface area (Å²) >= 11 is 0. The van der Waals surface area contributed by atoms with Crippen LogP contribution in [0.3, 0.4) is 0 Å². The van der Waals surface area contributed by atoms with E-state index in [0.717, 1.165) is 13.0 Å². The monoisotopic (exact) mass is 179 g/mol. The van der Waals surface area contributed by atoms with Gasteiger partial charge in [-0.15, -0.1) is 0 Å². The molecule has 0 aliphatic carbocycles. The number of benzene rings is 1. The molecule has 1 aromatic carbocycles. The Kier molecular flexibility index (Phi) is 4.50. The van der Waals surface area contributed by atoms with Gasteiger partial charge in [-0.25, -0.2) is 0 Å². The zero-order valence-corrected chi connectivity index (χ0v) is 8.07. The highest BCUT2D eigenvalue weighted by atomic mass is 16.5. The van der Waals surface area contributed by atoms with Crippen molar-refractivity contribution in [3.05, 3.63) is 35.9 Å². The maximum atomic E-state index is 5.47. The lowest BCUT2D eigenvalue weighted by molar-refractivity contribution is 0.0743. The zero-order chi connectivity index (χ0) is 9.52. The third kappa shape index (κ3) is 4.06. The van der Waals surface area contributed by atoms with Gasteiger partial charge in [-0.05, 0) is 18.9 Å². The summed E-state index contributed by atoms with van der Waals surface area (Å²) < 4.78 is 5.47. The van der Waals surface area contributed by atoms with E-state index in [1.807, 2.05) is 25.1 Å². The van der Waals surface area contributed by atoms with E-state index < -0.39 is 0 Å². The van der Waals surface area contributed by atoms with E-state index in [1.165, 1.54) is 5.56 Å². The van der Waals surface area contributed by atoms with Crippen LogP contribution in [0, 0.1) is 0 Å². The quantitative estimate of drug-likeness (QED) is 0.745. The Labute approximate surface area is 79.7 Å². The predicted molar refractivity (Wildman–Crippen MR) is 54.6 cm³/mol. The molecular formula is C11H17NO. The minimum atomic E-state index is 0.170. The van der Waals surface area contributed by atoms with E-state index in [4.69, 9.17) is 10.5 Å². The summed E-state index contributed by atoms with van der Waals surface area (Å²) in [6.45, 7) is 3.34. The van der Waals surface area contributed by atoms with Crippen LogP contribution in [0.25, 0.3) is 0 Å². The molecular weight excluding hydrogens is 162 g/mol. The predicted octanol–water partition coefficient (Wildman–Crippen LogP) is 1.59. The Morgan fingerprint density at radius 2 is 2.00 bits per heavy atom. The molecule has 0 saturated carbocycles. The highest BCUT2D eigenvalue weighted by Gasteiger charge is 1.97. The molecule has 13 heavy (non-hydrogen) atoms. The Morgan fingerprint density at radius 1 is 1.31 bits per heavy atom. The van der Waals surface area contributed by atoms with Gasteiger partial charge in [0.25, 0.3) is 0 Å². The van der Waals surface area contributed by atoms with Crippen LogP contribution >= 0.6 is 0 Å². The lowest BCUT2D eigenvalue weighted by Crippen LogP contribution is -2.20. The summed E-state index contributed by atoms with van der Waals surface area (Å²) in [4.78, 5) is 0. The summed E-state index contributed by atoms with van der Waals surface area (Å²) in [5.41, 5.74) is 6.74. The summed E-state index contributed by atoms with van der Waals surface area (Å²) in [5.74, 6) is 0. The molecule has 72 valence electrons. The van der Waals surface area contributed by atoms with Crippen LogP contribution in [0.4, 0.5) is 0 Å². The van der Waals surface area contributed by atoms with Crippen molar-refractivity contribution in [2.24, 2.45) is 5.73 Å². The van der Waals surface area contributed by atoms with Crippen LogP contribution in [-0.2, 0) is 11.2 Å². The van der Waals surface area contributed by atoms with Crippen LogP contribution in [0.1, 0.15) is 12.5 Å². The molecule has 2 N–H and O–H groups in total. The van der Waals surface area contributed by atoms with Crippen LogP contribution in [0.15, 0.2) is 30.3 Å². The Hall–Kier alpha value is -0.860. The molecule has 0 bridgehead atoms. The van der Waals surface area contributed by atoms with Crippen molar-refractivity contribution in [3.8, 4) is 0 Å². The minimum absolute atomic E-state index is 0.170. The summed E-state index contributed by atoms with van der Waals surface area (Å²) in [5, 5.41) is 0. The average molecular weight is 179 g/mol. The van der Waals surface area contributed by atoms with Crippen LogP contribution in [0.5, 0.6) is 0 Å². The maximum Gasteiger partial charge on any atom is 0.0669 e. The molecule has 1 atom stereocenters. The third-order valence-corrected chi connectivity index (χ3v) is 1.97. The molecule has 1 rings (SSSR count). The smallest absolute Gasteiger partial charge is 0.0669 e. The van der Waals surface area contributed by atoms with Crippen molar-refractivity contribution >= 4 is 0 Å². The lowest BCUT2D eigenvalue weighted by atomic mass is 10.2. The SMILES string of the molecule is CC(CN)OCCc1ccccc1. The highest BCUT2D eigenvalue weighted by Crippen LogP contribution is 2.00. The zero-order valence-electron chi connectivity index (χ0n) is 8.07. The van der Waals surface area contributed by atoms with E-state index in [-0.39, 0.29) is 6.10 Å². The summed E-state index contributed by atoms with van der Waals surface area (Å²) in [6.07, 6.45) is 1.13. The molecule has 0 aliphatic rings. The fraction of sp³-hybridized carbons (Fsp3) is 0.455. The number of nitrogens with two attached hydrogens (primary N) is 1. The standard InChI is InChI=1S/C11H17NO/c1-10(9-12)13-8-7-11-5-3-2-4-6-11/h2-6,10H,7-9,12H2,1H3. The van der Waals surface area contributed by atoms with Crippen molar-refractivity contribution < 1.29 is 4.74 Å². The van der Waals surface area contributed by atoms with Crippen molar-refractivity contribution in [2.75, 3.05) is 13.2 Å². The normalized spacial score (nSPS) is 12.8. The fourth-order valence-corrected chi connectivity index (χ4v) is 1.09. The van der Waals surface area contributed by atoms with Crippen LogP contribution in [0.2, 0.25) is 0 Å². The second-order valence-corrected chi connectivity index (χ2v) is 3.15. The second-order valence-electron chi connectivity index (χ2n) is 3.15. The van der Waals surface area contributed by atoms with Gasteiger partial charge in [0.2, 0.25) is 0 Å². The molecule has 0 aliphatic heterocycles. The molecule has 2 nitrogen and oxygen atoms in total. The molecule has 0 radical (unpaired) electrons. The Bertz CT molecular complexity index is 223. The van der Waals surface area contributed by atoms with E-state index >= 15 is 0 Å². The third-order valence-electron chi connectivity index (χ3n) is 1.97. The highest BCUT2D eigenvalue weighted by molar-refractivity contribution is 5.14. The van der Waals surface area contributed by atoms with Crippen molar-refractivity contribution in [1.82, 2.24) is 0 Å². The Morgan fingerprint density at radius 3 is 2.62 bits per heavy atom. The van der Waals surface area contributed by atoms with E-state index in [0.29, 0.717) is 6.54 Å². The van der Waals surface area contributed by atoms with Crippen molar-refractivity contribution in [1.29, 1.82) is 0 Å². The first-order chi connectivity index (χ1) is 6.33. The van der Waals surface area contributed by atoms with Gasteiger partial charge in [-0.3, -0.25) is 0 Å². The first kappa shape index (κ1) is 10.2. The van der Waals surface area contributed by atoms with Gasteiger partial charge in [0.1, 0.15) is 0 Å². The first-order valence-electron chi connectivity index (χ1n) is 4.68. The Balaban J connectivity index is 2.20. The van der Waals surface area contributed by atoms with E-state index in [1.54, 1.807) is 0 Å². The number of hydrogen-bond donors (Lipinski definition) is 1. The van der Waals surface area contributed by atoms with Gasteiger partial charge < -0.3 is 10.5 Å². The second kappa shape index (κ2) is 5.73. The van der Waals surface area contributed by atoms with E-state index in [2.05, 4.69) is 12.1 Å². The molecule has 0 amide bonds. The topological polar surface area (TPSA) is 35.2 Å². The van der Waals surface area contributed by atoms with Crippen molar-refractivity contribution in [2.45, 2.75) is 19.4 Å². The molecule has 0 fully saturated rings. The first-order valence-corrected chi connectivity index (χ1v) is 4.68. The molecule has 0 saturated heterocycles. The number of hydrogen-bond acceptors (Lipinski definition) is 2. The van der Waals surface area contributed by atoms with Gasteiger partial charge in [-0.2, -0.15) is 0 Å². The van der Waals surface area contributed by atoms with Gasteiger partial charge >= 0.3 is 0 Å². The van der Waals surface area contributed by atoms with E-state index in [9.17, 15) is 0 Å². The fourth-order valence-electron chi connectivity index (χ4n) is 1.09. The molecule has 1 unspecified atom stereocenters. The molecule has 0 aromatic heterocycles. The van der Waals surface area contributed by atoms with Crippen molar-refractivity contribution in [3.63, 3.8) is 0 Å². The summed E-state index contributed by atoms with van der Waals surface area (Å²) in [7, 11) is 0. The number of rotatable bonds is 5. The largest absolute Gasteiger partial charge is 0.377 e. The molecule has 1 aromatic rings. The maximum absolute atomic E-state index is 5.47. The molecule has 0 heterocycles. The van der Waals surface area contributed by atoms with Crippen LogP contribution < -0.4 is 5.73 Å². The average Bonchev–Trinajstić information content (AvgIpc) is 2.19. The van der Waals surface area contributed by atoms with Crippen LogP contribution in [-0.4, -0.2) is 19.3 Å². The van der Waals surface area contributed by atoms with Gasteiger partial charge in [0.05, 0.1) is 12.7 Å². The number of ether oxygens (including phenoxy) is 1.